The molecular formula is C17H18ClN3O2S. The SMILES string of the molecule is Cc1cnc(NC(=O)CN(CC2CC2)C(=O)c2ccccc2Cl)s1. The number of hydrogen-bond acceptors (Lipinski definition) is 4. The molecule has 2 amide bonds. The lowest BCUT2D eigenvalue weighted by Gasteiger charge is -2.22. The standard InChI is InChI=1S/C17H18ClN3O2S/c1-11-8-19-17(24-11)20-15(22)10-21(9-12-6-7-12)16(23)13-4-2-3-5-14(13)18/h2-5,8,12H,6-7,9-10H2,1H3,(H,19,20,22). The maximum Gasteiger partial charge on any atom is 0.255 e. The Bertz CT molecular complexity index is 758. The molecule has 1 aromatic carbocycles. The van der Waals surface area contributed by atoms with E-state index in [1.807, 2.05) is 6.92 Å². The smallest absolute Gasteiger partial charge is 0.255 e. The second-order valence-corrected chi connectivity index (χ2v) is 7.58. The quantitative estimate of drug-likeness (QED) is 0.853. The average Bonchev–Trinajstić information content (AvgIpc) is 3.27. The third-order valence-corrected chi connectivity index (χ3v) is 4.93. The van der Waals surface area contributed by atoms with Crippen LogP contribution in [0.2, 0.25) is 5.02 Å². The Morgan fingerprint density at radius 1 is 1.38 bits per heavy atom. The van der Waals surface area contributed by atoms with Crippen LogP contribution in [0, 0.1) is 12.8 Å². The molecule has 126 valence electrons. The van der Waals surface area contributed by atoms with E-state index in [0.717, 1.165) is 17.7 Å². The van der Waals surface area contributed by atoms with Crippen molar-refractivity contribution in [2.24, 2.45) is 5.92 Å². The van der Waals surface area contributed by atoms with E-state index in [0.29, 0.717) is 28.2 Å². The number of aryl methyl sites for hydroxylation is 1. The largest absolute Gasteiger partial charge is 0.329 e. The number of anilines is 1. The maximum atomic E-state index is 12.8. The number of nitrogens with one attached hydrogen (secondary N) is 1. The first kappa shape index (κ1) is 16.9. The number of benzene rings is 1. The Balaban J connectivity index is 1.70. The molecule has 1 N–H and O–H groups in total. The number of amides is 2. The highest BCUT2D eigenvalue weighted by atomic mass is 35.5. The fourth-order valence-electron chi connectivity index (χ4n) is 2.38. The van der Waals surface area contributed by atoms with Gasteiger partial charge in [-0.05, 0) is 37.8 Å². The molecule has 1 saturated carbocycles. The topological polar surface area (TPSA) is 62.3 Å². The van der Waals surface area contributed by atoms with Crippen molar-refractivity contribution in [3.63, 3.8) is 0 Å². The normalized spacial score (nSPS) is 13.6. The Morgan fingerprint density at radius 3 is 2.75 bits per heavy atom. The molecule has 0 bridgehead atoms. The third-order valence-electron chi connectivity index (χ3n) is 3.77. The molecule has 0 aliphatic heterocycles. The highest BCUT2D eigenvalue weighted by Crippen LogP contribution is 2.30. The van der Waals surface area contributed by atoms with E-state index in [-0.39, 0.29) is 18.4 Å². The second-order valence-electron chi connectivity index (χ2n) is 5.93. The molecule has 1 aliphatic rings. The van der Waals surface area contributed by atoms with Crippen molar-refractivity contribution in [1.29, 1.82) is 0 Å². The Kier molecular flexibility index (Phi) is 5.16. The first-order chi connectivity index (χ1) is 11.5. The number of carbonyl (C=O) groups is 2. The number of hydrogen-bond donors (Lipinski definition) is 1. The van der Waals surface area contributed by atoms with E-state index < -0.39 is 0 Å². The van der Waals surface area contributed by atoms with Crippen molar-refractivity contribution >= 4 is 39.9 Å². The Morgan fingerprint density at radius 2 is 2.12 bits per heavy atom. The molecule has 1 heterocycles. The predicted octanol–water partition coefficient (Wildman–Crippen LogP) is 3.60. The predicted molar refractivity (Wildman–Crippen MR) is 95.6 cm³/mol. The molecule has 0 radical (unpaired) electrons. The van der Waals surface area contributed by atoms with Gasteiger partial charge in [-0.1, -0.05) is 23.7 Å². The molecule has 0 spiro atoms. The van der Waals surface area contributed by atoms with Gasteiger partial charge in [0, 0.05) is 17.6 Å². The zero-order valence-corrected chi connectivity index (χ0v) is 14.9. The lowest BCUT2D eigenvalue weighted by atomic mass is 10.2. The average molecular weight is 364 g/mol. The molecular weight excluding hydrogens is 346 g/mol. The van der Waals surface area contributed by atoms with Gasteiger partial charge >= 0.3 is 0 Å². The van der Waals surface area contributed by atoms with Crippen LogP contribution in [-0.4, -0.2) is 34.8 Å². The van der Waals surface area contributed by atoms with Crippen molar-refractivity contribution < 1.29 is 9.59 Å². The molecule has 0 atom stereocenters. The van der Waals surface area contributed by atoms with E-state index in [4.69, 9.17) is 11.6 Å². The molecule has 1 aliphatic carbocycles. The lowest BCUT2D eigenvalue weighted by Crippen LogP contribution is -2.39. The van der Waals surface area contributed by atoms with Crippen molar-refractivity contribution in [2.45, 2.75) is 19.8 Å². The number of nitrogens with zero attached hydrogens (tertiary/aromatic N) is 2. The monoisotopic (exact) mass is 363 g/mol. The van der Waals surface area contributed by atoms with E-state index in [2.05, 4.69) is 10.3 Å². The van der Waals surface area contributed by atoms with Gasteiger partial charge in [0.25, 0.3) is 5.91 Å². The molecule has 24 heavy (non-hydrogen) atoms. The van der Waals surface area contributed by atoms with Crippen LogP contribution >= 0.6 is 22.9 Å². The Hall–Kier alpha value is -1.92. The van der Waals surface area contributed by atoms with Crippen molar-refractivity contribution in [3.8, 4) is 0 Å². The van der Waals surface area contributed by atoms with Gasteiger partial charge in [0.05, 0.1) is 10.6 Å². The van der Waals surface area contributed by atoms with Gasteiger partial charge in [0.15, 0.2) is 5.13 Å². The highest BCUT2D eigenvalue weighted by molar-refractivity contribution is 7.15. The van der Waals surface area contributed by atoms with Gasteiger partial charge in [0.1, 0.15) is 6.54 Å². The molecule has 2 aromatic rings. The highest BCUT2D eigenvalue weighted by Gasteiger charge is 2.29. The maximum absolute atomic E-state index is 12.8. The van der Waals surface area contributed by atoms with Crippen LogP contribution in [0.25, 0.3) is 0 Å². The summed E-state index contributed by atoms with van der Waals surface area (Å²) >= 11 is 7.54. The van der Waals surface area contributed by atoms with E-state index in [1.165, 1.54) is 11.3 Å². The van der Waals surface area contributed by atoms with Gasteiger partial charge in [-0.25, -0.2) is 4.98 Å². The number of thiazole rings is 1. The van der Waals surface area contributed by atoms with Crippen LogP contribution < -0.4 is 5.32 Å². The molecule has 5 nitrogen and oxygen atoms in total. The fourth-order valence-corrected chi connectivity index (χ4v) is 3.28. The number of aromatic nitrogens is 1. The van der Waals surface area contributed by atoms with Crippen LogP contribution in [0.4, 0.5) is 5.13 Å². The summed E-state index contributed by atoms with van der Waals surface area (Å²) in [5.41, 5.74) is 0.428. The summed E-state index contributed by atoms with van der Waals surface area (Å²) in [5.74, 6) is 0.0229. The zero-order valence-electron chi connectivity index (χ0n) is 13.3. The minimum absolute atomic E-state index is 0.000809. The summed E-state index contributed by atoms with van der Waals surface area (Å²) in [5, 5.41) is 3.70. The van der Waals surface area contributed by atoms with Gasteiger partial charge in [-0.2, -0.15) is 0 Å². The first-order valence-corrected chi connectivity index (χ1v) is 8.98. The number of carbonyl (C=O) groups excluding carboxylic acids is 2. The van der Waals surface area contributed by atoms with Crippen molar-refractivity contribution in [2.75, 3.05) is 18.4 Å². The van der Waals surface area contributed by atoms with Gasteiger partial charge in [-0.15, -0.1) is 11.3 Å². The van der Waals surface area contributed by atoms with Crippen LogP contribution in [-0.2, 0) is 4.79 Å². The van der Waals surface area contributed by atoms with Gasteiger partial charge in [-0.3, -0.25) is 9.59 Å². The van der Waals surface area contributed by atoms with Crippen LogP contribution in [0.3, 0.4) is 0 Å². The van der Waals surface area contributed by atoms with Crippen LogP contribution in [0.1, 0.15) is 28.1 Å². The molecule has 0 unspecified atom stereocenters. The molecule has 7 heteroatoms. The van der Waals surface area contributed by atoms with Crippen LogP contribution in [0.15, 0.2) is 30.5 Å². The van der Waals surface area contributed by atoms with Gasteiger partial charge < -0.3 is 10.2 Å². The van der Waals surface area contributed by atoms with E-state index in [9.17, 15) is 9.59 Å². The van der Waals surface area contributed by atoms with E-state index >= 15 is 0 Å². The van der Waals surface area contributed by atoms with Gasteiger partial charge in [0.2, 0.25) is 5.91 Å². The second kappa shape index (κ2) is 7.32. The molecule has 1 fully saturated rings. The Labute approximate surface area is 149 Å². The molecule has 0 saturated heterocycles. The van der Waals surface area contributed by atoms with Crippen LogP contribution in [0.5, 0.6) is 0 Å². The summed E-state index contributed by atoms with van der Waals surface area (Å²) < 4.78 is 0. The summed E-state index contributed by atoms with van der Waals surface area (Å²) in [6.45, 7) is 2.50. The number of rotatable bonds is 6. The molecule has 3 rings (SSSR count). The number of halogens is 1. The lowest BCUT2D eigenvalue weighted by molar-refractivity contribution is -0.116. The molecule has 1 aromatic heterocycles. The minimum atomic E-state index is -0.245. The third kappa shape index (κ3) is 4.33. The summed E-state index contributed by atoms with van der Waals surface area (Å²) in [4.78, 5) is 31.8. The fraction of sp³-hybridized carbons (Fsp3) is 0.353. The van der Waals surface area contributed by atoms with Crippen molar-refractivity contribution in [1.82, 2.24) is 9.88 Å². The van der Waals surface area contributed by atoms with E-state index in [1.54, 1.807) is 35.4 Å². The summed E-state index contributed by atoms with van der Waals surface area (Å²) in [6, 6.07) is 6.92. The van der Waals surface area contributed by atoms with Crippen molar-refractivity contribution in [3.05, 3.63) is 45.9 Å². The summed E-state index contributed by atoms with van der Waals surface area (Å²) in [7, 11) is 0. The summed E-state index contributed by atoms with van der Waals surface area (Å²) in [6.07, 6.45) is 3.90. The first-order valence-electron chi connectivity index (χ1n) is 7.79. The zero-order chi connectivity index (χ0) is 17.1. The minimum Gasteiger partial charge on any atom is -0.329 e.